The normalized spacial score (nSPS) is 42.0. The predicted octanol–water partition coefficient (Wildman–Crippen LogP) is -2.16. The first-order valence-corrected chi connectivity index (χ1v) is 12.1. The molecule has 5 N–H and O–H groups in total. The SMILES string of the molecule is CCC[C@@H]1C[C@@H](C(=O)N[C@@H]([C@H]2O[C@H](S(C)(=O)=O)[C@H](O)[C@@H](O)[C@H]2O)[C@@H](C)O)[N@@+](C)([O-])C1. The summed E-state index contributed by atoms with van der Waals surface area (Å²) in [5.74, 6) is -0.564. The Balaban J connectivity index is 2.23. The average molecular weight is 455 g/mol. The lowest BCUT2D eigenvalue weighted by atomic mass is 9.92. The fourth-order valence-corrected chi connectivity index (χ4v) is 5.49. The number of hydrogen-bond donors (Lipinski definition) is 5. The van der Waals surface area contributed by atoms with Crippen molar-refractivity contribution in [2.24, 2.45) is 5.92 Å². The van der Waals surface area contributed by atoms with Crippen molar-refractivity contribution in [1.82, 2.24) is 5.32 Å². The second-order valence-electron chi connectivity index (χ2n) is 8.81. The number of ether oxygens (including phenoxy) is 1. The monoisotopic (exact) mass is 454 g/mol. The minimum absolute atomic E-state index is 0.0846. The molecule has 2 aliphatic heterocycles. The molecular weight excluding hydrogens is 420 g/mol. The molecule has 1 amide bonds. The highest BCUT2D eigenvalue weighted by Crippen LogP contribution is 2.32. The number of sulfone groups is 1. The fraction of sp³-hybridized carbons (Fsp3) is 0.944. The van der Waals surface area contributed by atoms with Gasteiger partial charge in [-0.1, -0.05) is 13.3 Å². The van der Waals surface area contributed by atoms with E-state index < -0.39 is 68.4 Å². The molecule has 10 atom stereocenters. The molecule has 2 fully saturated rings. The van der Waals surface area contributed by atoms with Crippen molar-refractivity contribution in [3.05, 3.63) is 5.21 Å². The highest BCUT2D eigenvalue weighted by atomic mass is 32.2. The Kier molecular flexibility index (Phi) is 7.90. The number of carbonyl (C=O) groups is 1. The molecule has 176 valence electrons. The Morgan fingerprint density at radius 3 is 2.37 bits per heavy atom. The first kappa shape index (κ1) is 25.4. The standard InChI is InChI=1S/C18H34N2O9S/c1-5-6-10-7-11(20(3,26)8-10)17(25)19-12(9(2)21)16-14(23)13(22)15(24)18(29-16)30(4,27)28/h9-16,18,21-24H,5-8H2,1-4H3,(H,19,25)/t9-,10-,11+,12-,13+,14-,15-,16-,18-,20+/m1/s1. The lowest BCUT2D eigenvalue weighted by Gasteiger charge is -2.44. The van der Waals surface area contributed by atoms with E-state index in [9.17, 15) is 38.8 Å². The maximum atomic E-state index is 12.9. The number of likely N-dealkylation sites (tertiary alicyclic amines) is 1. The number of aliphatic hydroxyl groups excluding tert-OH is 4. The molecule has 11 nitrogen and oxygen atoms in total. The summed E-state index contributed by atoms with van der Waals surface area (Å²) in [6.45, 7) is 3.58. The molecule has 2 saturated heterocycles. The van der Waals surface area contributed by atoms with Gasteiger partial charge in [0.15, 0.2) is 21.3 Å². The van der Waals surface area contributed by atoms with Gasteiger partial charge in [0.25, 0.3) is 5.91 Å². The zero-order valence-electron chi connectivity index (χ0n) is 17.7. The molecule has 0 unspecified atom stereocenters. The number of likely N-dealkylation sites (N-methyl/N-ethyl adjacent to an activating group) is 1. The first-order chi connectivity index (χ1) is 13.7. The van der Waals surface area contributed by atoms with Crippen LogP contribution in [0.5, 0.6) is 0 Å². The van der Waals surface area contributed by atoms with Crippen LogP contribution in [0.2, 0.25) is 0 Å². The maximum Gasteiger partial charge on any atom is 0.279 e. The number of nitrogens with zero attached hydrogens (tertiary/aromatic N) is 1. The quantitative estimate of drug-likeness (QED) is 0.212. The number of hydroxylamine groups is 3. The van der Waals surface area contributed by atoms with Gasteiger partial charge < -0.3 is 40.3 Å². The van der Waals surface area contributed by atoms with E-state index in [1.165, 1.54) is 14.0 Å². The Morgan fingerprint density at radius 1 is 1.27 bits per heavy atom. The molecule has 0 aromatic carbocycles. The zero-order valence-corrected chi connectivity index (χ0v) is 18.5. The highest BCUT2D eigenvalue weighted by molar-refractivity contribution is 7.91. The molecular formula is C18H34N2O9S. The van der Waals surface area contributed by atoms with Gasteiger partial charge >= 0.3 is 0 Å². The van der Waals surface area contributed by atoms with E-state index in [1.54, 1.807) is 0 Å². The van der Waals surface area contributed by atoms with Crippen molar-refractivity contribution in [2.45, 2.75) is 81.1 Å². The van der Waals surface area contributed by atoms with Crippen LogP contribution in [0.15, 0.2) is 0 Å². The third kappa shape index (κ3) is 5.30. The van der Waals surface area contributed by atoms with E-state index >= 15 is 0 Å². The summed E-state index contributed by atoms with van der Waals surface area (Å²) >= 11 is 0. The largest absolute Gasteiger partial charge is 0.632 e. The van der Waals surface area contributed by atoms with Crippen LogP contribution < -0.4 is 5.32 Å². The predicted molar refractivity (Wildman–Crippen MR) is 106 cm³/mol. The third-order valence-electron chi connectivity index (χ3n) is 6.05. The molecule has 0 spiro atoms. The molecule has 0 aromatic heterocycles. The zero-order chi connectivity index (χ0) is 23.0. The van der Waals surface area contributed by atoms with E-state index in [-0.39, 0.29) is 12.5 Å². The van der Waals surface area contributed by atoms with Gasteiger partial charge in [-0.3, -0.25) is 4.79 Å². The van der Waals surface area contributed by atoms with Gasteiger partial charge in [0.05, 0.1) is 25.7 Å². The van der Waals surface area contributed by atoms with Crippen molar-refractivity contribution < 1.29 is 43.0 Å². The van der Waals surface area contributed by atoms with Gasteiger partial charge in [0.2, 0.25) is 0 Å². The molecule has 12 heteroatoms. The molecule has 2 heterocycles. The van der Waals surface area contributed by atoms with Gasteiger partial charge in [-0.15, -0.1) is 0 Å². The molecule has 2 rings (SSSR count). The molecule has 0 radical (unpaired) electrons. The van der Waals surface area contributed by atoms with Crippen LogP contribution in [-0.4, -0.2) is 107 Å². The number of nitrogens with one attached hydrogen (secondary N) is 1. The lowest BCUT2D eigenvalue weighted by Crippen LogP contribution is -2.67. The molecule has 0 aromatic rings. The van der Waals surface area contributed by atoms with E-state index in [0.29, 0.717) is 6.42 Å². The van der Waals surface area contributed by atoms with Crippen molar-refractivity contribution in [1.29, 1.82) is 0 Å². The smallest absolute Gasteiger partial charge is 0.279 e. The van der Waals surface area contributed by atoms with Gasteiger partial charge in [0, 0.05) is 18.6 Å². The van der Waals surface area contributed by atoms with Gasteiger partial charge in [-0.05, 0) is 13.3 Å². The molecule has 2 aliphatic rings. The van der Waals surface area contributed by atoms with Crippen LogP contribution in [0.3, 0.4) is 0 Å². The summed E-state index contributed by atoms with van der Waals surface area (Å²) in [7, 11) is -2.58. The van der Waals surface area contributed by atoms with Crippen LogP contribution in [0, 0.1) is 11.1 Å². The number of amides is 1. The molecule has 0 bridgehead atoms. The Bertz CT molecular complexity index is 714. The summed E-state index contributed by atoms with van der Waals surface area (Å²) in [5.41, 5.74) is -1.85. The Labute approximate surface area is 176 Å². The van der Waals surface area contributed by atoms with E-state index in [2.05, 4.69) is 5.32 Å². The molecule has 30 heavy (non-hydrogen) atoms. The minimum Gasteiger partial charge on any atom is -0.632 e. The van der Waals surface area contributed by atoms with Crippen LogP contribution in [-0.2, 0) is 19.4 Å². The summed E-state index contributed by atoms with van der Waals surface area (Å²) < 4.78 is 28.4. The fourth-order valence-electron chi connectivity index (χ4n) is 4.49. The van der Waals surface area contributed by atoms with Gasteiger partial charge in [0.1, 0.15) is 24.4 Å². The summed E-state index contributed by atoms with van der Waals surface area (Å²) in [6.07, 6.45) is -5.53. The Hall–Kier alpha value is -0.860. The number of aliphatic hydroxyl groups is 4. The van der Waals surface area contributed by atoms with Crippen molar-refractivity contribution in [3.8, 4) is 0 Å². The van der Waals surface area contributed by atoms with Gasteiger partial charge in [-0.2, -0.15) is 0 Å². The van der Waals surface area contributed by atoms with Crippen LogP contribution in [0.4, 0.5) is 0 Å². The molecule has 0 saturated carbocycles. The minimum atomic E-state index is -3.99. The van der Waals surface area contributed by atoms with Crippen molar-refractivity contribution in [3.63, 3.8) is 0 Å². The number of carbonyl (C=O) groups excluding carboxylic acids is 1. The van der Waals surface area contributed by atoms with E-state index in [1.807, 2.05) is 6.92 Å². The average Bonchev–Trinajstić information content (AvgIpc) is 2.91. The number of hydrogen-bond acceptors (Lipinski definition) is 9. The van der Waals surface area contributed by atoms with Crippen LogP contribution in [0.1, 0.15) is 33.1 Å². The summed E-state index contributed by atoms with van der Waals surface area (Å²) in [4.78, 5) is 12.9. The summed E-state index contributed by atoms with van der Waals surface area (Å²) in [6, 6.07) is -2.24. The van der Waals surface area contributed by atoms with Crippen LogP contribution in [0.25, 0.3) is 0 Å². The first-order valence-electron chi connectivity index (χ1n) is 10.1. The Morgan fingerprint density at radius 2 is 1.87 bits per heavy atom. The molecule has 0 aliphatic carbocycles. The lowest BCUT2D eigenvalue weighted by molar-refractivity contribution is -0.865. The second-order valence-corrected chi connectivity index (χ2v) is 10.9. The third-order valence-corrected chi connectivity index (χ3v) is 7.28. The van der Waals surface area contributed by atoms with E-state index in [4.69, 9.17) is 4.74 Å². The second kappa shape index (κ2) is 9.33. The highest BCUT2D eigenvalue weighted by Gasteiger charge is 2.52. The number of quaternary nitrogens is 1. The van der Waals surface area contributed by atoms with Gasteiger partial charge in [-0.25, -0.2) is 8.42 Å². The maximum absolute atomic E-state index is 12.9. The number of rotatable bonds is 7. The summed E-state index contributed by atoms with van der Waals surface area (Å²) in [5, 5.41) is 56.0. The van der Waals surface area contributed by atoms with Crippen LogP contribution >= 0.6 is 0 Å². The topological polar surface area (TPSA) is 176 Å². The van der Waals surface area contributed by atoms with Crippen molar-refractivity contribution >= 4 is 15.7 Å². The van der Waals surface area contributed by atoms with E-state index in [0.717, 1.165) is 19.1 Å². The van der Waals surface area contributed by atoms with Crippen molar-refractivity contribution in [2.75, 3.05) is 19.8 Å².